The van der Waals surface area contributed by atoms with Gasteiger partial charge in [0.2, 0.25) is 0 Å². The molecule has 1 saturated heterocycles. The van der Waals surface area contributed by atoms with Gasteiger partial charge in [0.05, 0.1) is 17.8 Å². The molecule has 2 aromatic heterocycles. The molecule has 1 N–H and O–H groups in total. The highest BCUT2D eigenvalue weighted by Crippen LogP contribution is 2.11. The third-order valence-corrected chi connectivity index (χ3v) is 6.25. The van der Waals surface area contributed by atoms with Gasteiger partial charge in [0, 0.05) is 20.1 Å². The van der Waals surface area contributed by atoms with E-state index in [9.17, 15) is 27.6 Å². The van der Waals surface area contributed by atoms with Crippen LogP contribution in [0.4, 0.5) is 0 Å². The molecule has 1 aliphatic rings. The van der Waals surface area contributed by atoms with Crippen molar-refractivity contribution in [2.24, 2.45) is 14.1 Å². The molecule has 1 atom stereocenters. The maximum absolute atomic E-state index is 12.3. The third-order valence-electron chi connectivity index (χ3n) is 4.48. The summed E-state index contributed by atoms with van der Waals surface area (Å²) in [7, 11) is -0.366. The van der Waals surface area contributed by atoms with Gasteiger partial charge in [-0.2, -0.15) is 0 Å². The standard InChI is InChI=1S/C15H19N5O7S/c1-18-13-12(14(23)19(2)15(18)24)20(8-16-13)5-11(22)27-6-10(21)17-9-3-4-28(25,26)7-9/h8-9H,3-7H2,1-2H3,(H,17,21). The first-order valence-corrected chi connectivity index (χ1v) is 10.2. The van der Waals surface area contributed by atoms with Gasteiger partial charge in [-0.05, 0) is 6.42 Å². The Hall–Kier alpha value is -2.96. The molecule has 3 rings (SSSR count). The van der Waals surface area contributed by atoms with Crippen molar-refractivity contribution in [3.8, 4) is 0 Å². The van der Waals surface area contributed by atoms with Crippen molar-refractivity contribution in [1.29, 1.82) is 0 Å². The zero-order valence-electron chi connectivity index (χ0n) is 15.2. The minimum absolute atomic E-state index is 0.0168. The van der Waals surface area contributed by atoms with Gasteiger partial charge in [-0.15, -0.1) is 0 Å². The van der Waals surface area contributed by atoms with Crippen LogP contribution in [0.3, 0.4) is 0 Å². The summed E-state index contributed by atoms with van der Waals surface area (Å²) >= 11 is 0. The molecule has 0 aliphatic carbocycles. The number of esters is 1. The first-order chi connectivity index (χ1) is 13.1. The number of carbonyl (C=O) groups excluding carboxylic acids is 2. The Balaban J connectivity index is 1.63. The SMILES string of the molecule is Cn1c(=O)c2c(ncn2CC(=O)OCC(=O)NC2CCS(=O)(=O)C2)n(C)c1=O. The second-order valence-corrected chi connectivity index (χ2v) is 8.81. The number of nitrogens with one attached hydrogen (secondary N) is 1. The Labute approximate surface area is 158 Å². The number of imidazole rings is 1. The van der Waals surface area contributed by atoms with E-state index in [-0.39, 0.29) is 29.2 Å². The van der Waals surface area contributed by atoms with E-state index in [0.717, 1.165) is 4.57 Å². The number of hydrogen-bond acceptors (Lipinski definition) is 8. The molecule has 152 valence electrons. The van der Waals surface area contributed by atoms with E-state index in [2.05, 4.69) is 10.3 Å². The number of sulfone groups is 1. The predicted molar refractivity (Wildman–Crippen MR) is 96.4 cm³/mol. The maximum Gasteiger partial charge on any atom is 0.332 e. The fourth-order valence-electron chi connectivity index (χ4n) is 3.03. The van der Waals surface area contributed by atoms with Crippen molar-refractivity contribution in [2.45, 2.75) is 19.0 Å². The number of carbonyl (C=O) groups is 2. The quantitative estimate of drug-likeness (QED) is 0.519. The molecule has 0 spiro atoms. The number of aryl methyl sites for hydroxylation is 1. The molecule has 1 aliphatic heterocycles. The molecule has 3 heterocycles. The van der Waals surface area contributed by atoms with E-state index < -0.39 is 45.6 Å². The van der Waals surface area contributed by atoms with Gasteiger partial charge in [-0.3, -0.25) is 23.5 Å². The molecule has 12 nitrogen and oxygen atoms in total. The highest BCUT2D eigenvalue weighted by atomic mass is 32.2. The normalized spacial score (nSPS) is 18.3. The number of amides is 1. The molecule has 28 heavy (non-hydrogen) atoms. The van der Waals surface area contributed by atoms with Crippen LogP contribution in [-0.4, -0.2) is 63.1 Å². The Kier molecular flexibility index (Phi) is 5.10. The zero-order valence-corrected chi connectivity index (χ0v) is 16.1. The maximum atomic E-state index is 12.3. The lowest BCUT2D eigenvalue weighted by Crippen LogP contribution is -2.39. The van der Waals surface area contributed by atoms with Crippen LogP contribution < -0.4 is 16.6 Å². The smallest absolute Gasteiger partial charge is 0.332 e. The summed E-state index contributed by atoms with van der Waals surface area (Å²) in [4.78, 5) is 52.0. The number of fused-ring (bicyclic) bond motifs is 1. The summed E-state index contributed by atoms with van der Waals surface area (Å²) in [5, 5.41) is 2.50. The van der Waals surface area contributed by atoms with Crippen LogP contribution in [0.1, 0.15) is 6.42 Å². The predicted octanol–water partition coefficient (Wildman–Crippen LogP) is -2.72. The minimum atomic E-state index is -3.13. The third kappa shape index (κ3) is 3.83. The molecule has 0 bridgehead atoms. The molecule has 13 heteroatoms. The molecule has 1 unspecified atom stereocenters. The molecule has 1 amide bonds. The van der Waals surface area contributed by atoms with Crippen molar-refractivity contribution in [2.75, 3.05) is 18.1 Å². The van der Waals surface area contributed by atoms with Crippen molar-refractivity contribution >= 4 is 32.9 Å². The Morgan fingerprint density at radius 1 is 1.29 bits per heavy atom. The van der Waals surface area contributed by atoms with Gasteiger partial charge < -0.3 is 14.6 Å². The van der Waals surface area contributed by atoms with Gasteiger partial charge in [-0.25, -0.2) is 18.2 Å². The fraction of sp³-hybridized carbons (Fsp3) is 0.533. The summed E-state index contributed by atoms with van der Waals surface area (Å²) in [5.41, 5.74) is -0.970. The Morgan fingerprint density at radius 3 is 2.64 bits per heavy atom. The van der Waals surface area contributed by atoms with Crippen molar-refractivity contribution in [3.05, 3.63) is 27.2 Å². The van der Waals surface area contributed by atoms with E-state index >= 15 is 0 Å². The van der Waals surface area contributed by atoms with Crippen LogP contribution >= 0.6 is 0 Å². The Bertz CT molecular complexity index is 1170. The zero-order chi connectivity index (χ0) is 20.6. The highest BCUT2D eigenvalue weighted by molar-refractivity contribution is 7.91. The average Bonchev–Trinajstić information content (AvgIpc) is 3.19. The molecular formula is C15H19N5O7S. The second kappa shape index (κ2) is 7.22. The van der Waals surface area contributed by atoms with E-state index in [1.54, 1.807) is 0 Å². The summed E-state index contributed by atoms with van der Waals surface area (Å²) in [6.07, 6.45) is 1.56. The average molecular weight is 413 g/mol. The number of aromatic nitrogens is 4. The first-order valence-electron chi connectivity index (χ1n) is 8.35. The van der Waals surface area contributed by atoms with Gasteiger partial charge in [0.15, 0.2) is 27.6 Å². The van der Waals surface area contributed by atoms with Crippen molar-refractivity contribution < 1.29 is 22.7 Å². The van der Waals surface area contributed by atoms with Crippen LogP contribution in [0.25, 0.3) is 11.2 Å². The topological polar surface area (TPSA) is 151 Å². The van der Waals surface area contributed by atoms with Crippen LogP contribution in [0.2, 0.25) is 0 Å². The van der Waals surface area contributed by atoms with Gasteiger partial charge >= 0.3 is 11.7 Å². The molecule has 2 aromatic rings. The minimum Gasteiger partial charge on any atom is -0.454 e. The molecule has 0 aromatic carbocycles. The van der Waals surface area contributed by atoms with Crippen LogP contribution in [0, 0.1) is 0 Å². The van der Waals surface area contributed by atoms with Gasteiger partial charge in [0.1, 0.15) is 6.54 Å². The van der Waals surface area contributed by atoms with Crippen LogP contribution in [0.15, 0.2) is 15.9 Å². The molecule has 0 radical (unpaired) electrons. The summed E-state index contributed by atoms with van der Waals surface area (Å²) in [5.74, 6) is -1.51. The molecular weight excluding hydrogens is 394 g/mol. The van der Waals surface area contributed by atoms with Gasteiger partial charge in [0.25, 0.3) is 11.5 Å². The largest absolute Gasteiger partial charge is 0.454 e. The van der Waals surface area contributed by atoms with Gasteiger partial charge in [-0.1, -0.05) is 0 Å². The highest BCUT2D eigenvalue weighted by Gasteiger charge is 2.29. The number of hydrogen-bond donors (Lipinski definition) is 1. The van der Waals surface area contributed by atoms with E-state index in [4.69, 9.17) is 4.74 Å². The monoisotopic (exact) mass is 413 g/mol. The van der Waals surface area contributed by atoms with Crippen molar-refractivity contribution in [3.63, 3.8) is 0 Å². The summed E-state index contributed by atoms with van der Waals surface area (Å²) in [6.45, 7) is -0.951. The van der Waals surface area contributed by atoms with E-state index in [1.807, 2.05) is 0 Å². The van der Waals surface area contributed by atoms with E-state index in [0.29, 0.717) is 6.42 Å². The fourth-order valence-corrected chi connectivity index (χ4v) is 4.70. The lowest BCUT2D eigenvalue weighted by molar-refractivity contribution is -0.149. The first kappa shape index (κ1) is 19.8. The summed E-state index contributed by atoms with van der Waals surface area (Å²) in [6, 6.07) is -0.488. The van der Waals surface area contributed by atoms with E-state index in [1.165, 1.54) is 29.6 Å². The summed E-state index contributed by atoms with van der Waals surface area (Å²) < 4.78 is 31.0. The van der Waals surface area contributed by atoms with Crippen LogP contribution in [0.5, 0.6) is 0 Å². The molecule has 0 saturated carbocycles. The Morgan fingerprint density at radius 2 is 2.00 bits per heavy atom. The molecule has 1 fully saturated rings. The number of ether oxygens (including phenoxy) is 1. The lowest BCUT2D eigenvalue weighted by Gasteiger charge is -2.11. The number of nitrogens with zero attached hydrogens (tertiary/aromatic N) is 4. The second-order valence-electron chi connectivity index (χ2n) is 6.58. The number of rotatable bonds is 5. The van der Waals surface area contributed by atoms with Crippen LogP contribution in [-0.2, 0) is 44.8 Å². The van der Waals surface area contributed by atoms with Crippen molar-refractivity contribution in [1.82, 2.24) is 24.0 Å². The lowest BCUT2D eigenvalue weighted by atomic mass is 10.2.